The highest BCUT2D eigenvalue weighted by atomic mass is 32.2. The third-order valence-electron chi connectivity index (χ3n) is 4.19. The van der Waals surface area contributed by atoms with Gasteiger partial charge >= 0.3 is 0 Å². The number of hydrogen-bond acceptors (Lipinski definition) is 5. The molecule has 0 radical (unpaired) electrons. The van der Waals surface area contributed by atoms with E-state index in [9.17, 15) is 0 Å². The molecule has 4 heterocycles. The summed E-state index contributed by atoms with van der Waals surface area (Å²) >= 11 is 3.79. The maximum absolute atomic E-state index is 4.31. The number of H-pyrrole nitrogens is 1. The molecule has 0 aliphatic carbocycles. The van der Waals surface area contributed by atoms with Crippen molar-refractivity contribution in [1.82, 2.24) is 19.3 Å². The summed E-state index contributed by atoms with van der Waals surface area (Å²) in [5.41, 5.74) is 3.32. The number of aromatic amines is 1. The first-order chi connectivity index (χ1) is 10.8. The topological polar surface area (TPSA) is 44.8 Å². The molecular formula is C16H18N4S2. The van der Waals surface area contributed by atoms with Crippen molar-refractivity contribution in [3.8, 4) is 0 Å². The van der Waals surface area contributed by atoms with Crippen LogP contribution in [0.15, 0.2) is 34.9 Å². The van der Waals surface area contributed by atoms with Crippen LogP contribution in [0.3, 0.4) is 0 Å². The average Bonchev–Trinajstić information content (AvgIpc) is 3.16. The number of aromatic nitrogens is 3. The van der Waals surface area contributed by atoms with Gasteiger partial charge in [-0.15, -0.1) is 11.3 Å². The first-order valence-electron chi connectivity index (χ1n) is 7.57. The Morgan fingerprint density at radius 3 is 2.86 bits per heavy atom. The third kappa shape index (κ3) is 2.78. The van der Waals surface area contributed by atoms with Crippen LogP contribution in [0.4, 0.5) is 0 Å². The number of thiophene rings is 1. The molecule has 0 saturated carbocycles. The van der Waals surface area contributed by atoms with Gasteiger partial charge in [0, 0.05) is 24.2 Å². The van der Waals surface area contributed by atoms with Gasteiger partial charge in [0.05, 0.1) is 16.1 Å². The van der Waals surface area contributed by atoms with E-state index in [0.717, 1.165) is 24.3 Å². The number of imidazole rings is 1. The summed E-state index contributed by atoms with van der Waals surface area (Å²) in [4.78, 5) is 13.2. The summed E-state index contributed by atoms with van der Waals surface area (Å²) in [6, 6.07) is 6.58. The zero-order valence-electron chi connectivity index (χ0n) is 12.5. The van der Waals surface area contributed by atoms with Gasteiger partial charge in [-0.3, -0.25) is 0 Å². The van der Waals surface area contributed by atoms with Crippen LogP contribution < -0.4 is 0 Å². The van der Waals surface area contributed by atoms with E-state index in [1.54, 1.807) is 6.33 Å². The van der Waals surface area contributed by atoms with Crippen LogP contribution in [0.25, 0.3) is 11.2 Å². The highest BCUT2D eigenvalue weighted by Crippen LogP contribution is 2.36. The lowest BCUT2D eigenvalue weighted by Crippen LogP contribution is -2.27. The quantitative estimate of drug-likeness (QED) is 0.731. The van der Waals surface area contributed by atoms with Crippen LogP contribution in [0.1, 0.15) is 29.2 Å². The average molecular weight is 330 g/mol. The van der Waals surface area contributed by atoms with Gasteiger partial charge in [0.15, 0.2) is 5.65 Å². The lowest BCUT2D eigenvalue weighted by atomic mass is 9.90. The summed E-state index contributed by atoms with van der Waals surface area (Å²) in [6.45, 7) is 4.43. The Morgan fingerprint density at radius 1 is 1.23 bits per heavy atom. The number of fused-ring (bicyclic) bond motifs is 1. The van der Waals surface area contributed by atoms with Crippen molar-refractivity contribution in [2.45, 2.75) is 29.9 Å². The van der Waals surface area contributed by atoms with Crippen molar-refractivity contribution in [1.29, 1.82) is 0 Å². The largest absolute Gasteiger partial charge is 0.343 e. The zero-order valence-corrected chi connectivity index (χ0v) is 14.1. The van der Waals surface area contributed by atoms with Crippen LogP contribution >= 0.6 is 23.3 Å². The van der Waals surface area contributed by atoms with E-state index in [-0.39, 0.29) is 0 Å². The smallest absolute Gasteiger partial charge is 0.177 e. The number of aryl methyl sites for hydroxylation is 1. The molecule has 114 valence electrons. The molecule has 0 unspecified atom stereocenters. The second-order valence-corrected chi connectivity index (χ2v) is 8.35. The third-order valence-corrected chi connectivity index (χ3v) is 6.40. The van der Waals surface area contributed by atoms with Gasteiger partial charge in [0.1, 0.15) is 0 Å². The van der Waals surface area contributed by atoms with E-state index in [2.05, 4.69) is 44.4 Å². The van der Waals surface area contributed by atoms with E-state index in [0.29, 0.717) is 5.92 Å². The van der Waals surface area contributed by atoms with Crippen LogP contribution in [0.5, 0.6) is 0 Å². The van der Waals surface area contributed by atoms with Crippen LogP contribution in [-0.2, 0) is 0 Å². The van der Waals surface area contributed by atoms with Crippen molar-refractivity contribution in [2.75, 3.05) is 13.1 Å². The predicted molar refractivity (Wildman–Crippen MR) is 92.3 cm³/mol. The van der Waals surface area contributed by atoms with Crippen LogP contribution in [0.2, 0.25) is 0 Å². The van der Waals surface area contributed by atoms with Gasteiger partial charge in [-0.2, -0.15) is 0 Å². The molecule has 4 rings (SSSR count). The van der Waals surface area contributed by atoms with Crippen molar-refractivity contribution < 1.29 is 0 Å². The SMILES string of the molecule is Cc1ccc(SN2CCC(c3ccnc4nc[nH]c34)CC2)s1. The monoisotopic (exact) mass is 330 g/mol. The van der Waals surface area contributed by atoms with Crippen molar-refractivity contribution in [3.05, 3.63) is 41.2 Å². The van der Waals surface area contributed by atoms with Crippen molar-refractivity contribution >= 4 is 34.4 Å². The Morgan fingerprint density at radius 2 is 2.09 bits per heavy atom. The fourth-order valence-corrected chi connectivity index (χ4v) is 5.28. The molecule has 0 bridgehead atoms. The van der Waals surface area contributed by atoms with Gasteiger partial charge in [-0.25, -0.2) is 14.3 Å². The standard InChI is InChI=1S/C16H18N4S2/c1-11-2-3-14(21-11)22-20-8-5-12(6-9-20)13-4-7-17-16-15(13)18-10-19-16/h2-4,7,10,12H,5-6,8-9H2,1H3,(H,17,18,19). The second-order valence-electron chi connectivity index (χ2n) is 5.66. The molecule has 0 atom stereocenters. The number of hydrogen-bond donors (Lipinski definition) is 1. The van der Waals surface area contributed by atoms with E-state index in [1.165, 1.54) is 27.5 Å². The zero-order chi connectivity index (χ0) is 14.9. The molecule has 3 aromatic rings. The van der Waals surface area contributed by atoms with E-state index in [1.807, 2.05) is 29.5 Å². The van der Waals surface area contributed by atoms with Crippen molar-refractivity contribution in [3.63, 3.8) is 0 Å². The summed E-state index contributed by atoms with van der Waals surface area (Å²) < 4.78 is 3.89. The minimum absolute atomic E-state index is 0.605. The van der Waals surface area contributed by atoms with Crippen LogP contribution in [0, 0.1) is 6.92 Å². The highest BCUT2D eigenvalue weighted by Gasteiger charge is 2.23. The first kappa shape index (κ1) is 14.2. The fourth-order valence-electron chi connectivity index (χ4n) is 3.06. The minimum atomic E-state index is 0.605. The predicted octanol–water partition coefficient (Wildman–Crippen LogP) is 4.21. The Balaban J connectivity index is 1.44. The number of nitrogens with one attached hydrogen (secondary N) is 1. The molecule has 3 aromatic heterocycles. The molecule has 0 amide bonds. The second kappa shape index (κ2) is 6.02. The normalized spacial score (nSPS) is 17.3. The minimum Gasteiger partial charge on any atom is -0.343 e. The molecule has 1 fully saturated rings. The molecular weight excluding hydrogens is 312 g/mol. The molecule has 1 aliphatic rings. The molecule has 22 heavy (non-hydrogen) atoms. The number of nitrogens with zero attached hydrogens (tertiary/aromatic N) is 3. The molecule has 4 nitrogen and oxygen atoms in total. The Bertz CT molecular complexity index is 771. The molecule has 1 N–H and O–H groups in total. The molecule has 0 spiro atoms. The van der Waals surface area contributed by atoms with Gasteiger partial charge in [-0.05, 0) is 61.4 Å². The van der Waals surface area contributed by atoms with E-state index in [4.69, 9.17) is 0 Å². The summed E-state index contributed by atoms with van der Waals surface area (Å²) in [6.07, 6.45) is 6.00. The van der Waals surface area contributed by atoms with E-state index >= 15 is 0 Å². The first-order valence-corrected chi connectivity index (χ1v) is 9.16. The lowest BCUT2D eigenvalue weighted by Gasteiger charge is -2.30. The van der Waals surface area contributed by atoms with Gasteiger partial charge < -0.3 is 4.98 Å². The maximum atomic E-state index is 4.31. The number of pyridine rings is 1. The molecule has 1 aliphatic heterocycles. The van der Waals surface area contributed by atoms with Crippen LogP contribution in [-0.4, -0.2) is 32.3 Å². The summed E-state index contributed by atoms with van der Waals surface area (Å²) in [5.74, 6) is 0.605. The number of rotatable bonds is 3. The molecule has 1 saturated heterocycles. The van der Waals surface area contributed by atoms with Crippen molar-refractivity contribution in [2.24, 2.45) is 0 Å². The maximum Gasteiger partial charge on any atom is 0.177 e. The van der Waals surface area contributed by atoms with Gasteiger partial charge in [-0.1, -0.05) is 0 Å². The Kier molecular flexibility index (Phi) is 3.90. The number of piperidine rings is 1. The highest BCUT2D eigenvalue weighted by molar-refractivity contribution is 7.98. The van der Waals surface area contributed by atoms with Gasteiger partial charge in [0.2, 0.25) is 0 Å². The lowest BCUT2D eigenvalue weighted by molar-refractivity contribution is 0.347. The Labute approximate surface area is 138 Å². The summed E-state index contributed by atoms with van der Waals surface area (Å²) in [7, 11) is 0. The summed E-state index contributed by atoms with van der Waals surface area (Å²) in [5, 5.41) is 0. The van der Waals surface area contributed by atoms with E-state index < -0.39 is 0 Å². The Hall–Kier alpha value is -1.37. The fraction of sp³-hybridized carbons (Fsp3) is 0.375. The van der Waals surface area contributed by atoms with Gasteiger partial charge in [0.25, 0.3) is 0 Å². The molecule has 6 heteroatoms. The molecule has 0 aromatic carbocycles.